The molecule has 0 aromatic heterocycles. The van der Waals surface area contributed by atoms with Gasteiger partial charge in [-0.2, -0.15) is 0 Å². The summed E-state index contributed by atoms with van der Waals surface area (Å²) in [6, 6.07) is 15.0. The van der Waals surface area contributed by atoms with Gasteiger partial charge < -0.3 is 4.90 Å². The highest BCUT2D eigenvalue weighted by Gasteiger charge is 2.22. The Hall–Kier alpha value is -1.43. The Kier molecular flexibility index (Phi) is 4.47. The van der Waals surface area contributed by atoms with Crippen molar-refractivity contribution in [1.82, 2.24) is 4.90 Å². The van der Waals surface area contributed by atoms with Crippen molar-refractivity contribution in [3.63, 3.8) is 0 Å². The van der Waals surface area contributed by atoms with Gasteiger partial charge in [0.1, 0.15) is 0 Å². The van der Waals surface area contributed by atoms with Crippen LogP contribution in [0.5, 0.6) is 0 Å². The summed E-state index contributed by atoms with van der Waals surface area (Å²) in [5.74, 6) is 0.600. The summed E-state index contributed by atoms with van der Waals surface area (Å²) >= 11 is 0. The average molecular weight is 318 g/mol. The van der Waals surface area contributed by atoms with Crippen LogP contribution in [0.25, 0.3) is 10.8 Å². The van der Waals surface area contributed by atoms with Gasteiger partial charge in [0.2, 0.25) is 10.0 Å². The van der Waals surface area contributed by atoms with E-state index in [4.69, 9.17) is 5.14 Å². The van der Waals surface area contributed by atoms with Crippen LogP contribution in [-0.2, 0) is 10.0 Å². The minimum Gasteiger partial charge on any atom is -0.302 e. The Morgan fingerprint density at radius 1 is 1.05 bits per heavy atom. The molecule has 0 radical (unpaired) electrons. The van der Waals surface area contributed by atoms with E-state index in [2.05, 4.69) is 47.4 Å². The van der Waals surface area contributed by atoms with E-state index in [0.29, 0.717) is 12.5 Å². The number of sulfonamides is 1. The van der Waals surface area contributed by atoms with Crippen LogP contribution < -0.4 is 5.14 Å². The van der Waals surface area contributed by atoms with Crippen molar-refractivity contribution in [3.8, 4) is 0 Å². The lowest BCUT2D eigenvalue weighted by Gasteiger charge is -2.32. The van der Waals surface area contributed by atoms with Gasteiger partial charge in [0, 0.05) is 6.54 Å². The summed E-state index contributed by atoms with van der Waals surface area (Å²) in [4.78, 5) is 2.20. The Balaban J connectivity index is 1.68. The quantitative estimate of drug-likeness (QED) is 0.941. The van der Waals surface area contributed by atoms with E-state index in [1.54, 1.807) is 0 Å². The standard InChI is InChI=1S/C17H22N2O2S/c18-22(20,21)13-12-19-10-8-15(9-11-19)17-7-3-5-14-4-1-2-6-16(14)17/h1-7,15H,8-13H2,(H2,18,20,21). The number of fused-ring (bicyclic) bond motifs is 1. The summed E-state index contributed by atoms with van der Waals surface area (Å²) < 4.78 is 22.1. The molecular formula is C17H22N2O2S. The number of nitrogens with zero attached hydrogens (tertiary/aromatic N) is 1. The zero-order chi connectivity index (χ0) is 15.6. The second kappa shape index (κ2) is 6.36. The van der Waals surface area contributed by atoms with E-state index in [-0.39, 0.29) is 5.75 Å². The van der Waals surface area contributed by atoms with Gasteiger partial charge in [-0.1, -0.05) is 42.5 Å². The van der Waals surface area contributed by atoms with Gasteiger partial charge in [-0.15, -0.1) is 0 Å². The normalized spacial score (nSPS) is 17.9. The summed E-state index contributed by atoms with van der Waals surface area (Å²) in [5.41, 5.74) is 1.42. The van der Waals surface area contributed by atoms with Gasteiger partial charge in [-0.25, -0.2) is 13.6 Å². The van der Waals surface area contributed by atoms with E-state index in [1.807, 2.05) is 0 Å². The first-order chi connectivity index (χ1) is 10.5. The fourth-order valence-electron chi connectivity index (χ4n) is 3.33. The molecule has 4 nitrogen and oxygen atoms in total. The number of likely N-dealkylation sites (tertiary alicyclic amines) is 1. The molecule has 1 fully saturated rings. The molecule has 0 bridgehead atoms. The van der Waals surface area contributed by atoms with Crippen molar-refractivity contribution < 1.29 is 8.42 Å². The van der Waals surface area contributed by atoms with Gasteiger partial charge >= 0.3 is 0 Å². The molecule has 0 unspecified atom stereocenters. The van der Waals surface area contributed by atoms with Gasteiger partial charge in [-0.05, 0) is 48.2 Å². The van der Waals surface area contributed by atoms with Crippen molar-refractivity contribution >= 4 is 20.8 Å². The molecule has 2 aromatic carbocycles. The second-order valence-electron chi connectivity index (χ2n) is 6.05. The fourth-order valence-corrected chi connectivity index (χ4v) is 3.84. The molecule has 1 aliphatic rings. The first kappa shape index (κ1) is 15.5. The lowest BCUT2D eigenvalue weighted by Crippen LogP contribution is -2.37. The van der Waals surface area contributed by atoms with Crippen molar-refractivity contribution in [2.45, 2.75) is 18.8 Å². The summed E-state index contributed by atoms with van der Waals surface area (Å²) in [5, 5.41) is 7.71. The molecule has 5 heteroatoms. The third kappa shape index (κ3) is 3.66. The number of rotatable bonds is 4. The number of hydrogen-bond donors (Lipinski definition) is 1. The highest BCUT2D eigenvalue weighted by Crippen LogP contribution is 2.32. The Labute approximate surface area is 132 Å². The SMILES string of the molecule is NS(=O)(=O)CCN1CCC(c2cccc3ccccc23)CC1. The molecule has 1 saturated heterocycles. The number of benzene rings is 2. The van der Waals surface area contributed by atoms with Crippen LogP contribution in [0, 0.1) is 0 Å². The lowest BCUT2D eigenvalue weighted by molar-refractivity contribution is 0.223. The Morgan fingerprint density at radius 3 is 2.45 bits per heavy atom. The molecule has 1 aliphatic heterocycles. The maximum absolute atomic E-state index is 11.1. The van der Waals surface area contributed by atoms with E-state index >= 15 is 0 Å². The van der Waals surface area contributed by atoms with Crippen molar-refractivity contribution in [2.75, 3.05) is 25.4 Å². The Bertz CT molecular complexity index is 745. The van der Waals surface area contributed by atoms with Crippen LogP contribution in [0.2, 0.25) is 0 Å². The number of hydrogen-bond acceptors (Lipinski definition) is 3. The van der Waals surface area contributed by atoms with Crippen molar-refractivity contribution in [3.05, 3.63) is 48.0 Å². The minimum absolute atomic E-state index is 0.0476. The predicted molar refractivity (Wildman–Crippen MR) is 90.3 cm³/mol. The molecule has 2 N–H and O–H groups in total. The van der Waals surface area contributed by atoms with E-state index in [9.17, 15) is 8.42 Å². The molecule has 2 aromatic rings. The predicted octanol–water partition coefficient (Wildman–Crippen LogP) is 2.31. The maximum atomic E-state index is 11.1. The van der Waals surface area contributed by atoms with E-state index in [0.717, 1.165) is 25.9 Å². The smallest absolute Gasteiger partial charge is 0.210 e. The minimum atomic E-state index is -3.36. The maximum Gasteiger partial charge on any atom is 0.210 e. The molecule has 0 saturated carbocycles. The van der Waals surface area contributed by atoms with Crippen LogP contribution in [0.4, 0.5) is 0 Å². The molecule has 0 aliphatic carbocycles. The highest BCUT2D eigenvalue weighted by molar-refractivity contribution is 7.89. The molecule has 22 heavy (non-hydrogen) atoms. The summed E-state index contributed by atoms with van der Waals surface area (Å²) in [6.07, 6.45) is 2.14. The third-order valence-corrected chi connectivity index (χ3v) is 5.29. The molecule has 1 heterocycles. The first-order valence-electron chi connectivity index (χ1n) is 7.73. The zero-order valence-electron chi connectivity index (χ0n) is 12.6. The van der Waals surface area contributed by atoms with Gasteiger partial charge in [0.05, 0.1) is 5.75 Å². The van der Waals surface area contributed by atoms with Crippen LogP contribution >= 0.6 is 0 Å². The number of nitrogens with two attached hydrogens (primary N) is 1. The summed E-state index contributed by atoms with van der Waals surface area (Å²) in [7, 11) is -3.36. The van der Waals surface area contributed by atoms with Crippen LogP contribution in [0.1, 0.15) is 24.3 Å². The third-order valence-electron chi connectivity index (χ3n) is 4.54. The largest absolute Gasteiger partial charge is 0.302 e. The highest BCUT2D eigenvalue weighted by atomic mass is 32.2. The lowest BCUT2D eigenvalue weighted by atomic mass is 9.86. The number of primary sulfonamides is 1. The Morgan fingerprint density at radius 2 is 1.73 bits per heavy atom. The van der Waals surface area contributed by atoms with Gasteiger partial charge in [-0.3, -0.25) is 0 Å². The molecule has 0 atom stereocenters. The monoisotopic (exact) mass is 318 g/mol. The van der Waals surface area contributed by atoms with Crippen LogP contribution in [0.3, 0.4) is 0 Å². The first-order valence-corrected chi connectivity index (χ1v) is 9.45. The fraction of sp³-hybridized carbons (Fsp3) is 0.412. The van der Waals surface area contributed by atoms with Crippen molar-refractivity contribution in [1.29, 1.82) is 0 Å². The molecule has 0 amide bonds. The topological polar surface area (TPSA) is 63.4 Å². The number of piperidine rings is 1. The van der Waals surface area contributed by atoms with Gasteiger partial charge in [0.25, 0.3) is 0 Å². The molecular weight excluding hydrogens is 296 g/mol. The molecule has 3 rings (SSSR count). The molecule has 118 valence electrons. The second-order valence-corrected chi connectivity index (χ2v) is 7.79. The van der Waals surface area contributed by atoms with Gasteiger partial charge in [0.15, 0.2) is 0 Å². The van der Waals surface area contributed by atoms with E-state index in [1.165, 1.54) is 16.3 Å². The van der Waals surface area contributed by atoms with E-state index < -0.39 is 10.0 Å². The van der Waals surface area contributed by atoms with Crippen LogP contribution in [-0.4, -0.2) is 38.7 Å². The average Bonchev–Trinajstić information content (AvgIpc) is 2.52. The van der Waals surface area contributed by atoms with Crippen molar-refractivity contribution in [2.24, 2.45) is 5.14 Å². The summed E-state index contributed by atoms with van der Waals surface area (Å²) in [6.45, 7) is 2.41. The van der Waals surface area contributed by atoms with Crippen LogP contribution in [0.15, 0.2) is 42.5 Å². The zero-order valence-corrected chi connectivity index (χ0v) is 13.4. The molecule has 0 spiro atoms.